The predicted molar refractivity (Wildman–Crippen MR) is 106 cm³/mol. The SMILES string of the molecule is CC(C)NC(=O)c1csc(-c2ccc(OCc3ccc(Cl)cc3)cc2F)n1. The van der Waals surface area contributed by atoms with E-state index in [0.717, 1.165) is 5.56 Å². The minimum absolute atomic E-state index is 0.0106. The molecule has 7 heteroatoms. The second-order valence-electron chi connectivity index (χ2n) is 6.22. The predicted octanol–water partition coefficient (Wildman–Crippen LogP) is 5.32. The standard InChI is InChI=1S/C20H18ClFN2O2S/c1-12(2)23-19(25)18-11-27-20(24-18)16-8-7-15(9-17(16)22)26-10-13-3-5-14(21)6-4-13/h3-9,11-12H,10H2,1-2H3,(H,23,25). The van der Waals surface area contributed by atoms with Gasteiger partial charge in [0.05, 0.1) is 0 Å². The van der Waals surface area contributed by atoms with Crippen molar-refractivity contribution < 1.29 is 13.9 Å². The van der Waals surface area contributed by atoms with Gasteiger partial charge >= 0.3 is 0 Å². The Balaban J connectivity index is 1.70. The minimum Gasteiger partial charge on any atom is -0.489 e. The van der Waals surface area contributed by atoms with Gasteiger partial charge in [-0.3, -0.25) is 4.79 Å². The molecule has 2 aromatic carbocycles. The summed E-state index contributed by atoms with van der Waals surface area (Å²) in [4.78, 5) is 16.2. The van der Waals surface area contributed by atoms with Crippen molar-refractivity contribution in [3.63, 3.8) is 0 Å². The summed E-state index contributed by atoms with van der Waals surface area (Å²) in [5, 5.41) is 5.49. The Morgan fingerprint density at radius 1 is 1.26 bits per heavy atom. The maximum atomic E-state index is 14.5. The fourth-order valence-corrected chi connectivity index (χ4v) is 3.30. The molecule has 1 N–H and O–H groups in total. The topological polar surface area (TPSA) is 51.2 Å². The molecule has 1 aromatic heterocycles. The van der Waals surface area contributed by atoms with Gasteiger partial charge in [-0.15, -0.1) is 11.3 Å². The number of halogens is 2. The Hall–Kier alpha value is -2.44. The highest BCUT2D eigenvalue weighted by atomic mass is 35.5. The number of nitrogens with zero attached hydrogens (tertiary/aromatic N) is 1. The molecular weight excluding hydrogens is 387 g/mol. The van der Waals surface area contributed by atoms with E-state index in [1.54, 1.807) is 29.6 Å². The van der Waals surface area contributed by atoms with Crippen molar-refractivity contribution in [1.82, 2.24) is 10.3 Å². The molecule has 4 nitrogen and oxygen atoms in total. The summed E-state index contributed by atoms with van der Waals surface area (Å²) in [6, 6.07) is 11.9. The van der Waals surface area contributed by atoms with E-state index in [4.69, 9.17) is 16.3 Å². The molecule has 0 aliphatic rings. The Morgan fingerprint density at radius 2 is 2.00 bits per heavy atom. The quantitative estimate of drug-likeness (QED) is 0.604. The Labute approximate surface area is 166 Å². The van der Waals surface area contributed by atoms with Gasteiger partial charge in [0.25, 0.3) is 5.91 Å². The summed E-state index contributed by atoms with van der Waals surface area (Å²) in [7, 11) is 0. The van der Waals surface area contributed by atoms with Gasteiger partial charge in [-0.2, -0.15) is 0 Å². The Morgan fingerprint density at radius 3 is 2.67 bits per heavy atom. The van der Waals surface area contributed by atoms with Crippen LogP contribution in [0.1, 0.15) is 29.9 Å². The fraction of sp³-hybridized carbons (Fsp3) is 0.200. The average molecular weight is 405 g/mol. The van der Waals surface area contributed by atoms with Crippen LogP contribution in [0.15, 0.2) is 47.8 Å². The van der Waals surface area contributed by atoms with Crippen LogP contribution < -0.4 is 10.1 Å². The highest BCUT2D eigenvalue weighted by Gasteiger charge is 2.15. The van der Waals surface area contributed by atoms with E-state index in [1.807, 2.05) is 26.0 Å². The van der Waals surface area contributed by atoms with Crippen LogP contribution >= 0.6 is 22.9 Å². The maximum absolute atomic E-state index is 14.5. The van der Waals surface area contributed by atoms with Gasteiger partial charge in [0.1, 0.15) is 28.9 Å². The lowest BCUT2D eigenvalue weighted by atomic mass is 10.2. The van der Waals surface area contributed by atoms with E-state index in [9.17, 15) is 9.18 Å². The molecule has 140 valence electrons. The van der Waals surface area contributed by atoms with Gasteiger partial charge in [0.2, 0.25) is 0 Å². The molecule has 1 amide bonds. The van der Waals surface area contributed by atoms with Gasteiger partial charge in [0.15, 0.2) is 0 Å². The summed E-state index contributed by atoms with van der Waals surface area (Å²) >= 11 is 7.08. The number of aromatic nitrogens is 1. The van der Waals surface area contributed by atoms with E-state index < -0.39 is 5.82 Å². The molecule has 0 unspecified atom stereocenters. The third-order valence-corrected chi connectivity index (χ3v) is 4.77. The largest absolute Gasteiger partial charge is 0.489 e. The van der Waals surface area contributed by atoms with Crippen LogP contribution in [-0.4, -0.2) is 16.9 Å². The third-order valence-electron chi connectivity index (χ3n) is 3.65. The summed E-state index contributed by atoms with van der Waals surface area (Å²) in [6.07, 6.45) is 0. The molecule has 0 fully saturated rings. The normalized spacial score (nSPS) is 10.9. The molecule has 0 bridgehead atoms. The monoisotopic (exact) mass is 404 g/mol. The van der Waals surface area contributed by atoms with E-state index in [0.29, 0.717) is 28.0 Å². The van der Waals surface area contributed by atoms with Gasteiger partial charge in [-0.1, -0.05) is 23.7 Å². The van der Waals surface area contributed by atoms with Crippen molar-refractivity contribution in [3.8, 4) is 16.3 Å². The zero-order valence-electron chi connectivity index (χ0n) is 14.8. The number of amides is 1. The van der Waals surface area contributed by atoms with E-state index in [-0.39, 0.29) is 17.6 Å². The molecular formula is C20H18ClFN2O2S. The summed E-state index contributed by atoms with van der Waals surface area (Å²) < 4.78 is 20.1. The smallest absolute Gasteiger partial charge is 0.270 e. The first-order valence-electron chi connectivity index (χ1n) is 8.36. The average Bonchev–Trinajstić information content (AvgIpc) is 3.11. The van der Waals surface area contributed by atoms with Crippen molar-refractivity contribution >= 4 is 28.8 Å². The van der Waals surface area contributed by atoms with Crippen LogP contribution in [0, 0.1) is 5.82 Å². The van der Waals surface area contributed by atoms with Gasteiger partial charge in [-0.25, -0.2) is 9.37 Å². The molecule has 0 radical (unpaired) electrons. The van der Waals surface area contributed by atoms with E-state index in [2.05, 4.69) is 10.3 Å². The number of nitrogens with one attached hydrogen (secondary N) is 1. The Bertz CT molecular complexity index is 941. The lowest BCUT2D eigenvalue weighted by molar-refractivity contribution is 0.0939. The molecule has 1 heterocycles. The second kappa shape index (κ2) is 8.50. The van der Waals surface area contributed by atoms with E-state index in [1.165, 1.54) is 17.4 Å². The fourth-order valence-electron chi connectivity index (χ4n) is 2.34. The summed E-state index contributed by atoms with van der Waals surface area (Å²) in [5.74, 6) is -0.301. The number of carbonyl (C=O) groups excluding carboxylic acids is 1. The number of carbonyl (C=O) groups is 1. The number of ether oxygens (including phenoxy) is 1. The van der Waals surface area contributed by atoms with Crippen molar-refractivity contribution in [2.24, 2.45) is 0 Å². The zero-order valence-corrected chi connectivity index (χ0v) is 16.4. The minimum atomic E-state index is -0.450. The van der Waals surface area contributed by atoms with Crippen molar-refractivity contribution in [3.05, 3.63) is 69.9 Å². The van der Waals surface area contributed by atoms with E-state index >= 15 is 0 Å². The van der Waals surface area contributed by atoms with Crippen LogP contribution in [0.5, 0.6) is 5.75 Å². The summed E-state index contributed by atoms with van der Waals surface area (Å²) in [6.45, 7) is 4.05. The van der Waals surface area contributed by atoms with Gasteiger partial charge in [0, 0.05) is 28.1 Å². The molecule has 0 atom stereocenters. The van der Waals surface area contributed by atoms with Crippen LogP contribution in [0.4, 0.5) is 4.39 Å². The lowest BCUT2D eigenvalue weighted by Gasteiger charge is -2.08. The van der Waals surface area contributed by atoms with Crippen LogP contribution in [-0.2, 0) is 6.61 Å². The molecule has 0 aliphatic heterocycles. The van der Waals surface area contributed by atoms with Crippen molar-refractivity contribution in [2.45, 2.75) is 26.5 Å². The number of benzene rings is 2. The number of thiazole rings is 1. The summed E-state index contributed by atoms with van der Waals surface area (Å²) in [5.41, 5.74) is 1.55. The van der Waals surface area contributed by atoms with Crippen molar-refractivity contribution in [2.75, 3.05) is 0 Å². The molecule has 3 aromatic rings. The Kier molecular flexibility index (Phi) is 6.08. The van der Waals surface area contributed by atoms with Crippen molar-refractivity contribution in [1.29, 1.82) is 0 Å². The van der Waals surface area contributed by atoms with Gasteiger partial charge < -0.3 is 10.1 Å². The molecule has 27 heavy (non-hydrogen) atoms. The van der Waals surface area contributed by atoms with Crippen LogP contribution in [0.3, 0.4) is 0 Å². The van der Waals surface area contributed by atoms with Gasteiger partial charge in [-0.05, 0) is 43.7 Å². The lowest BCUT2D eigenvalue weighted by Crippen LogP contribution is -2.30. The van der Waals surface area contributed by atoms with Crippen LogP contribution in [0.25, 0.3) is 10.6 Å². The molecule has 0 saturated carbocycles. The molecule has 0 spiro atoms. The number of hydrogen-bond acceptors (Lipinski definition) is 4. The molecule has 3 rings (SSSR count). The number of rotatable bonds is 6. The highest BCUT2D eigenvalue weighted by Crippen LogP contribution is 2.29. The maximum Gasteiger partial charge on any atom is 0.270 e. The third kappa shape index (κ3) is 5.05. The zero-order chi connectivity index (χ0) is 19.4. The second-order valence-corrected chi connectivity index (χ2v) is 7.52. The highest BCUT2D eigenvalue weighted by molar-refractivity contribution is 7.13. The molecule has 0 aliphatic carbocycles. The van der Waals surface area contributed by atoms with Crippen LogP contribution in [0.2, 0.25) is 5.02 Å². The first-order valence-corrected chi connectivity index (χ1v) is 9.61. The first-order chi connectivity index (χ1) is 12.9. The number of hydrogen-bond donors (Lipinski definition) is 1. The first kappa shape index (κ1) is 19.3. The molecule has 0 saturated heterocycles.